The Morgan fingerprint density at radius 1 is 1.06 bits per heavy atom. The van der Waals surface area contributed by atoms with Crippen LogP contribution >= 0.6 is 0 Å². The molecule has 0 saturated carbocycles. The van der Waals surface area contributed by atoms with Gasteiger partial charge in [-0.3, -0.25) is 14.8 Å². The van der Waals surface area contributed by atoms with Gasteiger partial charge in [0.25, 0.3) is 5.56 Å². The van der Waals surface area contributed by atoms with E-state index in [4.69, 9.17) is 9.47 Å². The fourth-order valence-corrected chi connectivity index (χ4v) is 3.84. The molecule has 0 aliphatic carbocycles. The van der Waals surface area contributed by atoms with Gasteiger partial charge in [-0.2, -0.15) is 5.10 Å². The third kappa shape index (κ3) is 3.73. The van der Waals surface area contributed by atoms with Gasteiger partial charge in [0.2, 0.25) is 0 Å². The van der Waals surface area contributed by atoms with Crippen LogP contribution < -0.4 is 15.6 Å². The highest BCUT2D eigenvalue weighted by molar-refractivity contribution is 5.92. The number of anilines is 1. The molecule has 1 aliphatic rings. The Morgan fingerprint density at radius 3 is 2.77 bits per heavy atom. The molecule has 1 aliphatic heterocycles. The van der Waals surface area contributed by atoms with Crippen molar-refractivity contribution in [3.63, 3.8) is 0 Å². The van der Waals surface area contributed by atoms with Gasteiger partial charge in [0.15, 0.2) is 0 Å². The predicted molar refractivity (Wildman–Crippen MR) is 117 cm³/mol. The summed E-state index contributed by atoms with van der Waals surface area (Å²) in [4.78, 5) is 21.1. The maximum Gasteiger partial charge on any atom is 0.267 e. The van der Waals surface area contributed by atoms with Crippen molar-refractivity contribution in [1.82, 2.24) is 19.7 Å². The number of hydrogen-bond acceptors (Lipinski definition) is 7. The van der Waals surface area contributed by atoms with E-state index >= 15 is 0 Å². The molecule has 0 amide bonds. The summed E-state index contributed by atoms with van der Waals surface area (Å²) < 4.78 is 12.6. The van der Waals surface area contributed by atoms with E-state index < -0.39 is 0 Å². The summed E-state index contributed by atoms with van der Waals surface area (Å²) in [5.41, 5.74) is 3.21. The molecule has 156 valence electrons. The molecule has 31 heavy (non-hydrogen) atoms. The Hall–Kier alpha value is -3.78. The van der Waals surface area contributed by atoms with Crippen molar-refractivity contribution in [1.29, 1.82) is 0 Å². The summed E-state index contributed by atoms with van der Waals surface area (Å²) in [5.74, 6) is 0.755. The van der Waals surface area contributed by atoms with Crippen molar-refractivity contribution in [3.8, 4) is 17.0 Å². The van der Waals surface area contributed by atoms with E-state index in [1.807, 2.05) is 36.4 Å². The van der Waals surface area contributed by atoms with Gasteiger partial charge < -0.3 is 14.8 Å². The average molecular weight is 415 g/mol. The normalized spacial score (nSPS) is 18.2. The van der Waals surface area contributed by atoms with Crippen LogP contribution in [0.3, 0.4) is 0 Å². The topological polar surface area (TPSA) is 91.2 Å². The summed E-state index contributed by atoms with van der Waals surface area (Å²) >= 11 is 0. The first kappa shape index (κ1) is 19.2. The summed E-state index contributed by atoms with van der Waals surface area (Å²) in [6, 6.07) is 14.3. The minimum atomic E-state index is -0.247. The molecule has 1 N–H and O–H groups in total. The lowest BCUT2D eigenvalue weighted by molar-refractivity contribution is 0.183. The summed E-state index contributed by atoms with van der Waals surface area (Å²) in [6.45, 7) is 0.864. The number of benzene rings is 1. The van der Waals surface area contributed by atoms with Crippen molar-refractivity contribution < 1.29 is 9.47 Å². The zero-order valence-electron chi connectivity index (χ0n) is 16.9. The molecule has 0 bridgehead atoms. The molecule has 3 aromatic heterocycles. The number of pyridine rings is 2. The quantitative estimate of drug-likeness (QED) is 0.536. The first-order valence-corrected chi connectivity index (χ1v) is 10.0. The number of nitrogens with zero attached hydrogens (tertiary/aromatic N) is 4. The molecule has 8 nitrogen and oxygen atoms in total. The van der Waals surface area contributed by atoms with Crippen LogP contribution in [0.25, 0.3) is 22.2 Å². The highest BCUT2D eigenvalue weighted by Gasteiger charge is 2.32. The fourth-order valence-electron chi connectivity index (χ4n) is 3.84. The van der Waals surface area contributed by atoms with Crippen LogP contribution in [0.2, 0.25) is 0 Å². The van der Waals surface area contributed by atoms with E-state index in [0.717, 1.165) is 27.9 Å². The molecule has 8 heteroatoms. The smallest absolute Gasteiger partial charge is 0.267 e. The molecule has 0 radical (unpaired) electrons. The van der Waals surface area contributed by atoms with E-state index in [1.165, 1.54) is 4.68 Å². The summed E-state index contributed by atoms with van der Waals surface area (Å²) in [5, 5.41) is 9.11. The molecule has 0 spiro atoms. The second-order valence-corrected chi connectivity index (χ2v) is 7.33. The van der Waals surface area contributed by atoms with Gasteiger partial charge in [0, 0.05) is 41.3 Å². The maximum absolute atomic E-state index is 12.7. The van der Waals surface area contributed by atoms with Gasteiger partial charge in [-0.05, 0) is 42.5 Å². The highest BCUT2D eigenvalue weighted by atomic mass is 16.5. The molecule has 4 aromatic rings. The monoisotopic (exact) mass is 415 g/mol. The largest absolute Gasteiger partial charge is 0.497 e. The van der Waals surface area contributed by atoms with Crippen molar-refractivity contribution in [2.45, 2.75) is 12.1 Å². The highest BCUT2D eigenvalue weighted by Crippen LogP contribution is 2.29. The molecule has 2 atom stereocenters. The second kappa shape index (κ2) is 8.16. The van der Waals surface area contributed by atoms with Crippen LogP contribution in [0.5, 0.6) is 5.75 Å². The SMILES string of the molecule is COc1ccc2nccc(NC3COCC3n3nc(-c4ccncc4)ccc3=O)c2c1. The molecule has 1 aromatic carbocycles. The minimum absolute atomic E-state index is 0.130. The molecule has 5 rings (SSSR count). The lowest BCUT2D eigenvalue weighted by atomic mass is 10.1. The predicted octanol–water partition coefficient (Wildman–Crippen LogP) is 2.91. The van der Waals surface area contributed by atoms with Crippen LogP contribution in [0.4, 0.5) is 5.69 Å². The first-order valence-electron chi connectivity index (χ1n) is 10.0. The standard InChI is InChI=1S/C23H21N5O3/c1-30-16-2-3-19-17(12-16)20(8-11-25-19)26-21-13-31-14-22(21)28-23(29)5-4-18(27-28)15-6-9-24-10-7-15/h2-12,21-22H,13-14H2,1H3,(H,25,26). The number of fused-ring (bicyclic) bond motifs is 1. The van der Waals surface area contributed by atoms with Crippen molar-refractivity contribution in [2.24, 2.45) is 0 Å². The zero-order chi connectivity index (χ0) is 21.2. The van der Waals surface area contributed by atoms with Gasteiger partial charge in [0.1, 0.15) is 11.8 Å². The van der Waals surface area contributed by atoms with Crippen LogP contribution in [-0.4, -0.2) is 46.1 Å². The first-order chi connectivity index (χ1) is 15.2. The van der Waals surface area contributed by atoms with Crippen LogP contribution in [0.15, 0.2) is 71.9 Å². The van der Waals surface area contributed by atoms with Crippen molar-refractivity contribution >= 4 is 16.6 Å². The molecule has 1 saturated heterocycles. The van der Waals surface area contributed by atoms with E-state index in [0.29, 0.717) is 18.9 Å². The molecule has 1 fully saturated rings. The van der Waals surface area contributed by atoms with E-state index in [2.05, 4.69) is 20.4 Å². The molecule has 2 unspecified atom stereocenters. The van der Waals surface area contributed by atoms with E-state index in [9.17, 15) is 4.79 Å². The summed E-state index contributed by atoms with van der Waals surface area (Å²) in [7, 11) is 1.64. The molecular weight excluding hydrogens is 394 g/mol. The van der Waals surface area contributed by atoms with Crippen LogP contribution in [0.1, 0.15) is 6.04 Å². The Kier molecular flexibility index (Phi) is 5.05. The minimum Gasteiger partial charge on any atom is -0.497 e. The fraction of sp³-hybridized carbons (Fsp3) is 0.217. The van der Waals surface area contributed by atoms with E-state index in [1.54, 1.807) is 37.8 Å². The number of ether oxygens (including phenoxy) is 2. The Bertz CT molecular complexity index is 1280. The van der Waals surface area contributed by atoms with Crippen molar-refractivity contribution in [2.75, 3.05) is 25.6 Å². The maximum atomic E-state index is 12.7. The number of hydrogen-bond donors (Lipinski definition) is 1. The number of aromatic nitrogens is 4. The number of rotatable bonds is 5. The average Bonchev–Trinajstić information content (AvgIpc) is 3.28. The Balaban J connectivity index is 1.49. The van der Waals surface area contributed by atoms with Gasteiger partial charge in [0.05, 0.1) is 37.6 Å². The van der Waals surface area contributed by atoms with Crippen LogP contribution in [-0.2, 0) is 4.74 Å². The summed E-state index contributed by atoms with van der Waals surface area (Å²) in [6.07, 6.45) is 5.17. The van der Waals surface area contributed by atoms with Gasteiger partial charge >= 0.3 is 0 Å². The third-order valence-corrected chi connectivity index (χ3v) is 5.46. The van der Waals surface area contributed by atoms with E-state index in [-0.39, 0.29) is 17.6 Å². The van der Waals surface area contributed by atoms with Crippen LogP contribution in [0, 0.1) is 0 Å². The zero-order valence-corrected chi connectivity index (χ0v) is 16.9. The van der Waals surface area contributed by atoms with Gasteiger partial charge in [-0.15, -0.1) is 0 Å². The van der Waals surface area contributed by atoms with Gasteiger partial charge in [-0.1, -0.05) is 0 Å². The second-order valence-electron chi connectivity index (χ2n) is 7.33. The Labute approximate surface area is 178 Å². The Morgan fingerprint density at radius 2 is 1.94 bits per heavy atom. The lowest BCUT2D eigenvalue weighted by Crippen LogP contribution is -2.37. The van der Waals surface area contributed by atoms with Gasteiger partial charge in [-0.25, -0.2) is 4.68 Å². The number of nitrogens with one attached hydrogen (secondary N) is 1. The third-order valence-electron chi connectivity index (χ3n) is 5.46. The van der Waals surface area contributed by atoms with Crippen molar-refractivity contribution in [3.05, 3.63) is 77.5 Å². The number of methoxy groups -OCH3 is 1. The molecular formula is C23H21N5O3. The lowest BCUT2D eigenvalue weighted by Gasteiger charge is -2.22. The molecule has 4 heterocycles.